The molecule has 1 aliphatic heterocycles. The van der Waals surface area contributed by atoms with Gasteiger partial charge in [-0.2, -0.15) is 0 Å². The van der Waals surface area contributed by atoms with Crippen LogP contribution in [0.3, 0.4) is 0 Å². The Morgan fingerprint density at radius 3 is 2.90 bits per heavy atom. The SMILES string of the molecule is O=C(COC(=O)Cc1csc(N2CCCC2=O)n1)NCCc1nc2ccccc2s1. The number of carbonyl (C=O) groups is 3. The van der Waals surface area contributed by atoms with Gasteiger partial charge in [0.2, 0.25) is 5.91 Å². The van der Waals surface area contributed by atoms with Crippen LogP contribution in [0.5, 0.6) is 0 Å². The molecule has 1 aliphatic rings. The number of para-hydroxylation sites is 1. The second-order valence-electron chi connectivity index (χ2n) is 6.78. The summed E-state index contributed by atoms with van der Waals surface area (Å²) < 4.78 is 6.15. The zero-order valence-corrected chi connectivity index (χ0v) is 17.8. The summed E-state index contributed by atoms with van der Waals surface area (Å²) in [5.41, 5.74) is 1.49. The van der Waals surface area contributed by atoms with Crippen molar-refractivity contribution in [3.8, 4) is 0 Å². The van der Waals surface area contributed by atoms with Crippen LogP contribution in [0.25, 0.3) is 10.2 Å². The molecule has 30 heavy (non-hydrogen) atoms. The molecule has 0 radical (unpaired) electrons. The van der Waals surface area contributed by atoms with E-state index in [1.54, 1.807) is 21.6 Å². The van der Waals surface area contributed by atoms with Gasteiger partial charge < -0.3 is 10.1 Å². The van der Waals surface area contributed by atoms with Crippen molar-refractivity contribution in [3.05, 3.63) is 40.3 Å². The zero-order valence-electron chi connectivity index (χ0n) is 16.1. The molecule has 1 aromatic carbocycles. The molecule has 10 heteroatoms. The van der Waals surface area contributed by atoms with Crippen molar-refractivity contribution in [2.75, 3.05) is 24.6 Å². The first kappa shape index (κ1) is 20.4. The van der Waals surface area contributed by atoms with Gasteiger partial charge >= 0.3 is 5.97 Å². The van der Waals surface area contributed by atoms with Crippen LogP contribution in [0.2, 0.25) is 0 Å². The highest BCUT2D eigenvalue weighted by molar-refractivity contribution is 7.18. The number of fused-ring (bicyclic) bond motifs is 1. The number of carbonyl (C=O) groups excluding carboxylic acids is 3. The molecular formula is C20H20N4O4S2. The van der Waals surface area contributed by atoms with E-state index in [9.17, 15) is 14.4 Å². The Kier molecular flexibility index (Phi) is 6.34. The minimum atomic E-state index is -0.527. The normalized spacial score (nSPS) is 13.7. The maximum absolute atomic E-state index is 12.0. The Bertz CT molecular complexity index is 1040. The monoisotopic (exact) mass is 444 g/mol. The van der Waals surface area contributed by atoms with Gasteiger partial charge in [-0.05, 0) is 18.6 Å². The Balaban J connectivity index is 1.17. The minimum Gasteiger partial charge on any atom is -0.455 e. The van der Waals surface area contributed by atoms with Crippen molar-refractivity contribution in [2.45, 2.75) is 25.7 Å². The Hall–Kier alpha value is -2.85. The molecule has 3 aromatic rings. The van der Waals surface area contributed by atoms with E-state index in [2.05, 4.69) is 15.3 Å². The van der Waals surface area contributed by atoms with Crippen LogP contribution in [-0.4, -0.2) is 47.4 Å². The summed E-state index contributed by atoms with van der Waals surface area (Å²) in [4.78, 5) is 46.1. The number of amides is 2. The largest absolute Gasteiger partial charge is 0.455 e. The minimum absolute atomic E-state index is 0.0302. The van der Waals surface area contributed by atoms with Gasteiger partial charge in [0.1, 0.15) is 0 Å². The van der Waals surface area contributed by atoms with E-state index in [1.807, 2.05) is 24.3 Å². The maximum atomic E-state index is 12.0. The molecule has 4 rings (SSSR count). The molecular weight excluding hydrogens is 424 g/mol. The average Bonchev–Trinajstić information content (AvgIpc) is 3.45. The number of anilines is 1. The molecule has 0 aliphatic carbocycles. The van der Waals surface area contributed by atoms with Gasteiger partial charge in [-0.1, -0.05) is 12.1 Å². The van der Waals surface area contributed by atoms with E-state index in [0.717, 1.165) is 21.6 Å². The van der Waals surface area contributed by atoms with Gasteiger partial charge in [-0.3, -0.25) is 19.3 Å². The van der Waals surface area contributed by atoms with Gasteiger partial charge in [0.05, 0.1) is 27.3 Å². The van der Waals surface area contributed by atoms with Crippen LogP contribution in [0.15, 0.2) is 29.6 Å². The van der Waals surface area contributed by atoms with Crippen molar-refractivity contribution in [2.24, 2.45) is 0 Å². The van der Waals surface area contributed by atoms with Crippen LogP contribution in [0.4, 0.5) is 5.13 Å². The molecule has 0 atom stereocenters. The van der Waals surface area contributed by atoms with Crippen molar-refractivity contribution in [1.29, 1.82) is 0 Å². The highest BCUT2D eigenvalue weighted by atomic mass is 32.1. The number of esters is 1. The third kappa shape index (κ3) is 5.00. The van der Waals surface area contributed by atoms with E-state index in [-0.39, 0.29) is 24.8 Å². The third-order valence-electron chi connectivity index (χ3n) is 4.53. The number of thiazole rings is 2. The first-order valence-electron chi connectivity index (χ1n) is 9.60. The average molecular weight is 445 g/mol. The van der Waals surface area contributed by atoms with Crippen LogP contribution < -0.4 is 10.2 Å². The summed E-state index contributed by atoms with van der Waals surface area (Å²) in [6.45, 7) is 0.753. The number of rotatable bonds is 8. The van der Waals surface area contributed by atoms with Crippen molar-refractivity contribution in [1.82, 2.24) is 15.3 Å². The van der Waals surface area contributed by atoms with Gasteiger partial charge in [-0.15, -0.1) is 22.7 Å². The first-order valence-corrected chi connectivity index (χ1v) is 11.3. The zero-order chi connectivity index (χ0) is 20.9. The molecule has 0 bridgehead atoms. The summed E-state index contributed by atoms with van der Waals surface area (Å²) in [7, 11) is 0. The second-order valence-corrected chi connectivity index (χ2v) is 8.73. The molecule has 2 aromatic heterocycles. The van der Waals surface area contributed by atoms with Crippen molar-refractivity contribution in [3.63, 3.8) is 0 Å². The predicted octanol–water partition coefficient (Wildman–Crippen LogP) is 2.32. The summed E-state index contributed by atoms with van der Waals surface area (Å²) in [6, 6.07) is 7.89. The molecule has 0 spiro atoms. The predicted molar refractivity (Wildman–Crippen MR) is 115 cm³/mol. The van der Waals surface area contributed by atoms with Crippen LogP contribution in [-0.2, 0) is 32.0 Å². The van der Waals surface area contributed by atoms with E-state index in [4.69, 9.17) is 4.74 Å². The number of ether oxygens (including phenoxy) is 1. The van der Waals surface area contributed by atoms with Crippen LogP contribution in [0.1, 0.15) is 23.5 Å². The molecule has 1 saturated heterocycles. The van der Waals surface area contributed by atoms with E-state index in [1.165, 1.54) is 11.3 Å². The lowest BCUT2D eigenvalue weighted by Crippen LogP contribution is -2.30. The molecule has 1 fully saturated rings. The first-order chi connectivity index (χ1) is 14.6. The van der Waals surface area contributed by atoms with Crippen molar-refractivity contribution < 1.29 is 19.1 Å². The van der Waals surface area contributed by atoms with Gasteiger partial charge in [0.15, 0.2) is 11.7 Å². The molecule has 2 amide bonds. The molecule has 0 saturated carbocycles. The summed E-state index contributed by atoms with van der Waals surface area (Å²) in [5.74, 6) is -0.826. The van der Waals surface area contributed by atoms with E-state index >= 15 is 0 Å². The third-order valence-corrected chi connectivity index (χ3v) is 6.54. The number of nitrogens with zero attached hydrogens (tertiary/aromatic N) is 3. The van der Waals surface area contributed by atoms with Gasteiger partial charge in [0, 0.05) is 31.3 Å². The lowest BCUT2D eigenvalue weighted by atomic mass is 10.3. The fraction of sp³-hybridized carbons (Fsp3) is 0.350. The van der Waals surface area contributed by atoms with Crippen LogP contribution >= 0.6 is 22.7 Å². The van der Waals surface area contributed by atoms with E-state index in [0.29, 0.717) is 36.8 Å². The highest BCUT2D eigenvalue weighted by Crippen LogP contribution is 2.25. The topological polar surface area (TPSA) is 101 Å². The number of benzene rings is 1. The van der Waals surface area contributed by atoms with Crippen LogP contribution in [0, 0.1) is 0 Å². The number of hydrogen-bond donors (Lipinski definition) is 1. The fourth-order valence-electron chi connectivity index (χ4n) is 3.08. The second kappa shape index (κ2) is 9.31. The fourth-order valence-corrected chi connectivity index (χ4v) is 4.92. The lowest BCUT2D eigenvalue weighted by Gasteiger charge is -2.10. The van der Waals surface area contributed by atoms with E-state index < -0.39 is 5.97 Å². The molecule has 8 nitrogen and oxygen atoms in total. The van der Waals surface area contributed by atoms with Gasteiger partial charge in [0.25, 0.3) is 5.91 Å². The standard InChI is InChI=1S/C20H20N4O4S2/c25-16(21-8-7-17-23-14-4-1-2-5-15(14)30-17)11-28-19(27)10-13-12-29-20(22-13)24-9-3-6-18(24)26/h1-2,4-5,12H,3,6-11H2,(H,21,25). The molecule has 1 N–H and O–H groups in total. The number of hydrogen-bond acceptors (Lipinski definition) is 8. The molecule has 0 unspecified atom stereocenters. The maximum Gasteiger partial charge on any atom is 0.312 e. The smallest absolute Gasteiger partial charge is 0.312 e. The quantitative estimate of drug-likeness (QED) is 0.535. The molecule has 3 heterocycles. The Morgan fingerprint density at radius 1 is 1.23 bits per heavy atom. The Labute approximate surface area is 180 Å². The number of aromatic nitrogens is 2. The summed E-state index contributed by atoms with van der Waals surface area (Å²) >= 11 is 2.93. The lowest BCUT2D eigenvalue weighted by molar-refractivity contribution is -0.147. The summed E-state index contributed by atoms with van der Waals surface area (Å²) in [5, 5.41) is 6.02. The highest BCUT2D eigenvalue weighted by Gasteiger charge is 2.24. The van der Waals surface area contributed by atoms with Crippen molar-refractivity contribution >= 4 is 55.8 Å². The molecule has 156 valence electrons. The van der Waals surface area contributed by atoms with Gasteiger partial charge in [-0.25, -0.2) is 9.97 Å². The Morgan fingerprint density at radius 2 is 2.10 bits per heavy atom. The number of nitrogens with one attached hydrogen (secondary N) is 1. The summed E-state index contributed by atoms with van der Waals surface area (Å²) in [6.07, 6.45) is 1.95.